The Morgan fingerprint density at radius 3 is 2.84 bits per heavy atom. The lowest BCUT2D eigenvalue weighted by Crippen LogP contribution is -2.46. The van der Waals surface area contributed by atoms with Crippen molar-refractivity contribution in [2.75, 3.05) is 25.6 Å². The first-order valence-corrected chi connectivity index (χ1v) is 11.7. The summed E-state index contributed by atoms with van der Waals surface area (Å²) in [4.78, 5) is 45.1. The second-order valence-corrected chi connectivity index (χ2v) is 9.89. The third-order valence-electron chi connectivity index (χ3n) is 7.68. The monoisotopic (exact) mass is 441 g/mol. The number of rotatable bonds is 4. The topological polar surface area (TPSA) is 97.8 Å². The maximum atomic E-state index is 13.5. The van der Waals surface area contributed by atoms with Crippen LogP contribution in [0.2, 0.25) is 0 Å². The number of anilines is 1. The molecule has 32 heavy (non-hydrogen) atoms. The van der Waals surface area contributed by atoms with Crippen molar-refractivity contribution in [1.82, 2.24) is 9.88 Å². The highest BCUT2D eigenvalue weighted by Gasteiger charge is 2.56. The molecule has 0 bridgehead atoms. The van der Waals surface area contributed by atoms with E-state index in [0.29, 0.717) is 38.3 Å². The van der Waals surface area contributed by atoms with Crippen LogP contribution in [0.5, 0.6) is 0 Å². The van der Waals surface area contributed by atoms with Gasteiger partial charge in [-0.25, -0.2) is 0 Å². The van der Waals surface area contributed by atoms with Gasteiger partial charge in [-0.3, -0.25) is 19.4 Å². The largest absolute Gasteiger partial charge is 0.469 e. The number of esters is 1. The normalized spacial score (nSPS) is 28.2. The van der Waals surface area contributed by atoms with E-state index >= 15 is 0 Å². The van der Waals surface area contributed by atoms with Crippen LogP contribution < -0.4 is 5.32 Å². The van der Waals surface area contributed by atoms with Crippen molar-refractivity contribution in [2.45, 2.75) is 64.0 Å². The predicted molar refractivity (Wildman–Crippen MR) is 115 cm³/mol. The van der Waals surface area contributed by atoms with Gasteiger partial charge in [0.05, 0.1) is 38.1 Å². The van der Waals surface area contributed by atoms with Gasteiger partial charge in [0, 0.05) is 30.1 Å². The minimum atomic E-state index is -0.476. The van der Waals surface area contributed by atoms with E-state index in [1.807, 2.05) is 6.07 Å². The van der Waals surface area contributed by atoms with Gasteiger partial charge in [-0.15, -0.1) is 0 Å². The molecule has 2 unspecified atom stereocenters. The minimum absolute atomic E-state index is 0.0134. The standard InChI is InChI=1S/C24H31N3O5/c1-31-23(30)16-4-2-3-15(9-16)22(29)27-14-24(6-7-24)11-20(27)21(28)26-18-10-17-13-32-8-5-19(17)25-12-18/h10,12,15-16,20H,2-9,11,13-14H2,1H3,(H,26,28)/t15?,16?,20-/m1/s1. The Morgan fingerprint density at radius 1 is 1.25 bits per heavy atom. The lowest BCUT2D eigenvalue weighted by molar-refractivity contribution is -0.149. The van der Waals surface area contributed by atoms with Crippen LogP contribution >= 0.6 is 0 Å². The zero-order valence-corrected chi connectivity index (χ0v) is 18.6. The molecular weight excluding hydrogens is 410 g/mol. The summed E-state index contributed by atoms with van der Waals surface area (Å²) in [7, 11) is 1.40. The number of nitrogens with zero attached hydrogens (tertiary/aromatic N) is 2. The first kappa shape index (κ1) is 21.4. The second kappa shape index (κ2) is 8.46. The van der Waals surface area contributed by atoms with E-state index in [2.05, 4.69) is 10.3 Å². The van der Waals surface area contributed by atoms with Crippen LogP contribution in [0.4, 0.5) is 5.69 Å². The number of amides is 2. The summed E-state index contributed by atoms with van der Waals surface area (Å²) >= 11 is 0. The number of methoxy groups -OCH3 is 1. The highest BCUT2D eigenvalue weighted by atomic mass is 16.5. The zero-order valence-electron chi connectivity index (χ0n) is 18.6. The minimum Gasteiger partial charge on any atom is -0.469 e. The Morgan fingerprint density at radius 2 is 2.06 bits per heavy atom. The van der Waals surface area contributed by atoms with Gasteiger partial charge in [-0.1, -0.05) is 6.42 Å². The molecule has 8 heteroatoms. The number of hydrogen-bond donors (Lipinski definition) is 1. The van der Waals surface area contributed by atoms with Crippen LogP contribution in [0, 0.1) is 17.3 Å². The van der Waals surface area contributed by atoms with E-state index in [4.69, 9.17) is 9.47 Å². The SMILES string of the molecule is COC(=O)C1CCCC(C(=O)N2CC3(CC3)C[C@@H]2C(=O)Nc2cnc3c(c2)COCC3)C1. The van der Waals surface area contributed by atoms with E-state index in [0.717, 1.165) is 49.8 Å². The Labute approximate surface area is 188 Å². The molecule has 1 N–H and O–H groups in total. The first-order valence-electron chi connectivity index (χ1n) is 11.7. The van der Waals surface area contributed by atoms with E-state index in [9.17, 15) is 14.4 Å². The van der Waals surface area contributed by atoms with Gasteiger partial charge in [0.1, 0.15) is 6.04 Å². The summed E-state index contributed by atoms with van der Waals surface area (Å²) < 4.78 is 10.4. The summed E-state index contributed by atoms with van der Waals surface area (Å²) in [5.74, 6) is -0.822. The predicted octanol–water partition coefficient (Wildman–Crippen LogP) is 2.45. The third kappa shape index (κ3) is 4.12. The van der Waals surface area contributed by atoms with Gasteiger partial charge in [-0.2, -0.15) is 0 Å². The molecule has 2 amide bonds. The highest BCUT2D eigenvalue weighted by molar-refractivity contribution is 5.98. The molecule has 3 atom stereocenters. The molecule has 0 aromatic carbocycles. The fourth-order valence-corrected chi connectivity index (χ4v) is 5.62. The summed E-state index contributed by atoms with van der Waals surface area (Å²) in [6.45, 7) is 1.82. The fraction of sp³-hybridized carbons (Fsp3) is 0.667. The molecule has 1 aromatic rings. The van der Waals surface area contributed by atoms with Gasteiger partial charge in [0.15, 0.2) is 0 Å². The number of hydrogen-bond acceptors (Lipinski definition) is 6. The first-order chi connectivity index (χ1) is 15.5. The lowest BCUT2D eigenvalue weighted by atomic mass is 9.80. The molecule has 4 aliphatic rings. The van der Waals surface area contributed by atoms with Crippen molar-refractivity contribution in [3.05, 3.63) is 23.5 Å². The van der Waals surface area contributed by atoms with Crippen molar-refractivity contribution in [1.29, 1.82) is 0 Å². The molecule has 2 aliphatic carbocycles. The van der Waals surface area contributed by atoms with Gasteiger partial charge in [-0.05, 0) is 50.0 Å². The van der Waals surface area contributed by atoms with Crippen molar-refractivity contribution in [3.63, 3.8) is 0 Å². The maximum absolute atomic E-state index is 13.5. The number of fused-ring (bicyclic) bond motifs is 1. The lowest BCUT2D eigenvalue weighted by Gasteiger charge is -2.32. The molecule has 8 nitrogen and oxygen atoms in total. The molecule has 1 saturated heterocycles. The molecule has 0 radical (unpaired) electrons. The molecule has 2 aliphatic heterocycles. The molecule has 172 valence electrons. The molecule has 1 aromatic heterocycles. The van der Waals surface area contributed by atoms with Crippen LogP contribution in [-0.2, 0) is 36.9 Å². The average molecular weight is 442 g/mol. The number of pyridine rings is 1. The number of ether oxygens (including phenoxy) is 2. The van der Waals surface area contributed by atoms with Crippen molar-refractivity contribution in [2.24, 2.45) is 17.3 Å². The summed E-state index contributed by atoms with van der Waals surface area (Å²) in [6, 6.07) is 1.45. The smallest absolute Gasteiger partial charge is 0.308 e. The van der Waals surface area contributed by atoms with Crippen molar-refractivity contribution < 1.29 is 23.9 Å². The van der Waals surface area contributed by atoms with Gasteiger partial charge < -0.3 is 19.7 Å². The van der Waals surface area contributed by atoms with E-state index < -0.39 is 6.04 Å². The number of carbonyl (C=O) groups excluding carboxylic acids is 3. The average Bonchev–Trinajstić information content (AvgIpc) is 3.47. The number of carbonyl (C=O) groups is 3. The Bertz CT molecular complexity index is 928. The third-order valence-corrected chi connectivity index (χ3v) is 7.68. The molecule has 5 rings (SSSR count). The molecule has 1 spiro atoms. The van der Waals surface area contributed by atoms with Crippen molar-refractivity contribution in [3.8, 4) is 0 Å². The fourth-order valence-electron chi connectivity index (χ4n) is 5.62. The summed E-state index contributed by atoms with van der Waals surface area (Å²) in [6.07, 6.45) is 8.18. The zero-order chi connectivity index (χ0) is 22.3. The van der Waals surface area contributed by atoms with Crippen LogP contribution in [0.15, 0.2) is 12.3 Å². The number of likely N-dealkylation sites (tertiary alicyclic amines) is 1. The van der Waals surface area contributed by atoms with Crippen molar-refractivity contribution >= 4 is 23.5 Å². The maximum Gasteiger partial charge on any atom is 0.308 e. The van der Waals surface area contributed by atoms with Crippen LogP contribution in [0.25, 0.3) is 0 Å². The summed E-state index contributed by atoms with van der Waals surface area (Å²) in [5.41, 5.74) is 2.76. The van der Waals surface area contributed by atoms with Crippen LogP contribution in [0.3, 0.4) is 0 Å². The quantitative estimate of drug-likeness (QED) is 0.721. The number of nitrogens with one attached hydrogen (secondary N) is 1. The second-order valence-electron chi connectivity index (χ2n) is 9.89. The number of aromatic nitrogens is 1. The van der Waals surface area contributed by atoms with Gasteiger partial charge in [0.25, 0.3) is 0 Å². The molecule has 2 saturated carbocycles. The van der Waals surface area contributed by atoms with E-state index in [-0.39, 0.29) is 35.0 Å². The summed E-state index contributed by atoms with van der Waals surface area (Å²) in [5, 5.41) is 3.00. The molecule has 3 fully saturated rings. The molecular formula is C24H31N3O5. The van der Waals surface area contributed by atoms with Crippen LogP contribution in [0.1, 0.15) is 56.2 Å². The van der Waals surface area contributed by atoms with Gasteiger partial charge in [0.2, 0.25) is 11.8 Å². The van der Waals surface area contributed by atoms with Gasteiger partial charge >= 0.3 is 5.97 Å². The van der Waals surface area contributed by atoms with E-state index in [1.54, 1.807) is 11.1 Å². The highest BCUT2D eigenvalue weighted by Crippen LogP contribution is 2.55. The molecule has 3 heterocycles. The Kier molecular flexibility index (Phi) is 5.65. The Balaban J connectivity index is 1.29. The Hall–Kier alpha value is -2.48. The van der Waals surface area contributed by atoms with Crippen LogP contribution in [-0.4, -0.2) is 54.0 Å². The van der Waals surface area contributed by atoms with E-state index in [1.165, 1.54) is 7.11 Å².